The number of hydrogen-bond acceptors (Lipinski definition) is 3. The third kappa shape index (κ3) is 3.35. The van der Waals surface area contributed by atoms with Crippen LogP contribution in [0.25, 0.3) is 0 Å². The average molecular weight is 207 g/mol. The van der Waals surface area contributed by atoms with Crippen LogP contribution in [0.3, 0.4) is 0 Å². The number of rotatable bonds is 5. The minimum absolute atomic E-state index is 0.255. The first kappa shape index (κ1) is 11.7. The van der Waals surface area contributed by atoms with Crippen molar-refractivity contribution < 1.29 is 5.11 Å². The summed E-state index contributed by atoms with van der Waals surface area (Å²) < 4.78 is 0. The van der Waals surface area contributed by atoms with Gasteiger partial charge in [0.05, 0.1) is 0 Å². The van der Waals surface area contributed by atoms with E-state index in [0.717, 1.165) is 24.8 Å². The summed E-state index contributed by atoms with van der Waals surface area (Å²) in [6.45, 7) is 4.28. The molecule has 0 spiro atoms. The number of nitroso groups, excluding NO2 is 1. The first-order valence-electron chi connectivity index (χ1n) is 5.32. The van der Waals surface area contributed by atoms with Crippen LogP contribution in [0.1, 0.15) is 32.3 Å². The summed E-state index contributed by atoms with van der Waals surface area (Å²) in [5.41, 5.74) is 1.19. The molecule has 1 rings (SSSR count). The van der Waals surface area contributed by atoms with E-state index in [4.69, 9.17) is 0 Å². The molecule has 0 saturated carbocycles. The summed E-state index contributed by atoms with van der Waals surface area (Å²) in [7, 11) is 0. The third-order valence-electron chi connectivity index (χ3n) is 2.52. The van der Waals surface area contributed by atoms with E-state index in [9.17, 15) is 10.0 Å². The summed E-state index contributed by atoms with van der Waals surface area (Å²) >= 11 is 0. The normalized spacial score (nSPS) is 12.4. The summed E-state index contributed by atoms with van der Waals surface area (Å²) in [6.07, 6.45) is 3.05. The molecule has 3 heteroatoms. The number of benzene rings is 1. The lowest BCUT2D eigenvalue weighted by Crippen LogP contribution is -1.99. The molecule has 0 fully saturated rings. The van der Waals surface area contributed by atoms with Crippen molar-refractivity contribution in [3.8, 4) is 5.75 Å². The molecule has 15 heavy (non-hydrogen) atoms. The summed E-state index contributed by atoms with van der Waals surface area (Å²) in [5.74, 6) is 0.771. The quantitative estimate of drug-likeness (QED) is 0.747. The van der Waals surface area contributed by atoms with Crippen LogP contribution in [-0.4, -0.2) is 5.11 Å². The van der Waals surface area contributed by atoms with Gasteiger partial charge in [-0.3, -0.25) is 0 Å². The lowest BCUT2D eigenvalue weighted by molar-refractivity contribution is 0.453. The smallest absolute Gasteiger partial charge is 0.118 e. The van der Waals surface area contributed by atoms with Crippen molar-refractivity contribution in [2.75, 3.05) is 0 Å². The fourth-order valence-corrected chi connectivity index (χ4v) is 1.76. The number of aromatic hydroxyl groups is 1. The monoisotopic (exact) mass is 207 g/mol. The SMILES string of the molecule is CCCC(C)Cc1cc(N=O)ccc1O. The number of hydrogen-bond donors (Lipinski definition) is 1. The lowest BCUT2D eigenvalue weighted by Gasteiger charge is -2.11. The Balaban J connectivity index is 2.78. The second-order valence-electron chi connectivity index (χ2n) is 4.00. The van der Waals surface area contributed by atoms with Crippen LogP contribution >= 0.6 is 0 Å². The van der Waals surface area contributed by atoms with Gasteiger partial charge in [0.25, 0.3) is 0 Å². The molecule has 0 heterocycles. The van der Waals surface area contributed by atoms with E-state index in [2.05, 4.69) is 19.0 Å². The van der Waals surface area contributed by atoms with Crippen LogP contribution in [0.15, 0.2) is 23.4 Å². The van der Waals surface area contributed by atoms with Gasteiger partial charge in [-0.05, 0) is 41.3 Å². The number of nitrogens with zero attached hydrogens (tertiary/aromatic N) is 1. The Morgan fingerprint density at radius 2 is 2.20 bits per heavy atom. The molecule has 3 nitrogen and oxygen atoms in total. The van der Waals surface area contributed by atoms with Gasteiger partial charge in [0, 0.05) is 0 Å². The molecule has 1 N–H and O–H groups in total. The van der Waals surface area contributed by atoms with Crippen molar-refractivity contribution in [3.05, 3.63) is 28.7 Å². The molecule has 1 aromatic carbocycles. The zero-order chi connectivity index (χ0) is 11.3. The third-order valence-corrected chi connectivity index (χ3v) is 2.52. The van der Waals surface area contributed by atoms with Gasteiger partial charge in [0.1, 0.15) is 11.4 Å². The molecule has 0 amide bonds. The first-order valence-corrected chi connectivity index (χ1v) is 5.32. The Kier molecular flexibility index (Phi) is 4.28. The Morgan fingerprint density at radius 1 is 1.47 bits per heavy atom. The van der Waals surface area contributed by atoms with Crippen LogP contribution < -0.4 is 0 Å². The Labute approximate surface area is 90.1 Å². The maximum atomic E-state index is 10.3. The van der Waals surface area contributed by atoms with Gasteiger partial charge < -0.3 is 5.11 Å². The molecule has 0 aliphatic rings. The van der Waals surface area contributed by atoms with Gasteiger partial charge in [-0.25, -0.2) is 0 Å². The van der Waals surface area contributed by atoms with Crippen LogP contribution in [0, 0.1) is 10.8 Å². The van der Waals surface area contributed by atoms with Crippen LogP contribution in [0.4, 0.5) is 5.69 Å². The molecule has 1 atom stereocenters. The second kappa shape index (κ2) is 5.49. The van der Waals surface area contributed by atoms with E-state index < -0.39 is 0 Å². The maximum Gasteiger partial charge on any atom is 0.118 e. The molecule has 1 unspecified atom stereocenters. The largest absolute Gasteiger partial charge is 0.508 e. The van der Waals surface area contributed by atoms with Gasteiger partial charge in [0.15, 0.2) is 0 Å². The van der Waals surface area contributed by atoms with Gasteiger partial charge in [-0.1, -0.05) is 26.7 Å². The Morgan fingerprint density at radius 3 is 2.80 bits per heavy atom. The standard InChI is InChI=1S/C12H17NO2/c1-3-4-9(2)7-10-8-11(13-15)5-6-12(10)14/h5-6,8-9,14H,3-4,7H2,1-2H3. The highest BCUT2D eigenvalue weighted by Crippen LogP contribution is 2.26. The van der Waals surface area contributed by atoms with E-state index in [1.807, 2.05) is 0 Å². The molecule has 0 aliphatic heterocycles. The molecule has 1 aromatic rings. The highest BCUT2D eigenvalue weighted by Gasteiger charge is 2.08. The number of phenols is 1. The minimum atomic E-state index is 0.255. The highest BCUT2D eigenvalue weighted by atomic mass is 16.3. The van der Waals surface area contributed by atoms with Crippen molar-refractivity contribution >= 4 is 5.69 Å². The summed E-state index contributed by atoms with van der Waals surface area (Å²) in [5, 5.41) is 12.5. The minimum Gasteiger partial charge on any atom is -0.508 e. The van der Waals surface area contributed by atoms with Crippen molar-refractivity contribution in [1.29, 1.82) is 0 Å². The summed E-state index contributed by atoms with van der Waals surface area (Å²) in [6, 6.07) is 4.72. The predicted molar refractivity (Wildman–Crippen MR) is 61.3 cm³/mol. The van der Waals surface area contributed by atoms with Gasteiger partial charge in [0.2, 0.25) is 0 Å². The van der Waals surface area contributed by atoms with E-state index in [0.29, 0.717) is 11.6 Å². The van der Waals surface area contributed by atoms with Crippen molar-refractivity contribution in [3.63, 3.8) is 0 Å². The van der Waals surface area contributed by atoms with Crippen LogP contribution in [-0.2, 0) is 6.42 Å². The average Bonchev–Trinajstić information content (AvgIpc) is 2.21. The van der Waals surface area contributed by atoms with E-state index in [1.165, 1.54) is 12.1 Å². The number of phenolic OH excluding ortho intramolecular Hbond substituents is 1. The predicted octanol–water partition coefficient (Wildman–Crippen LogP) is 3.77. The zero-order valence-corrected chi connectivity index (χ0v) is 9.23. The lowest BCUT2D eigenvalue weighted by atomic mass is 9.96. The molecule has 82 valence electrons. The first-order chi connectivity index (χ1) is 7.17. The maximum absolute atomic E-state index is 10.3. The fraction of sp³-hybridized carbons (Fsp3) is 0.500. The molecule has 0 aliphatic carbocycles. The highest BCUT2D eigenvalue weighted by molar-refractivity contribution is 5.46. The topological polar surface area (TPSA) is 49.7 Å². The van der Waals surface area contributed by atoms with E-state index in [-0.39, 0.29) is 5.75 Å². The van der Waals surface area contributed by atoms with E-state index >= 15 is 0 Å². The molecule has 0 bridgehead atoms. The molecular weight excluding hydrogens is 190 g/mol. The second-order valence-corrected chi connectivity index (χ2v) is 4.00. The van der Waals surface area contributed by atoms with Crippen molar-refractivity contribution in [2.24, 2.45) is 11.1 Å². The zero-order valence-electron chi connectivity index (χ0n) is 9.23. The van der Waals surface area contributed by atoms with Crippen LogP contribution in [0.2, 0.25) is 0 Å². The van der Waals surface area contributed by atoms with Gasteiger partial charge in [-0.15, -0.1) is 4.91 Å². The molecule has 0 saturated heterocycles. The van der Waals surface area contributed by atoms with Gasteiger partial charge in [-0.2, -0.15) is 0 Å². The van der Waals surface area contributed by atoms with Crippen LogP contribution in [0.5, 0.6) is 5.75 Å². The van der Waals surface area contributed by atoms with E-state index in [1.54, 1.807) is 6.07 Å². The molecule has 0 aromatic heterocycles. The van der Waals surface area contributed by atoms with Gasteiger partial charge >= 0.3 is 0 Å². The Hall–Kier alpha value is -1.38. The van der Waals surface area contributed by atoms with Crippen molar-refractivity contribution in [1.82, 2.24) is 0 Å². The fourth-order valence-electron chi connectivity index (χ4n) is 1.76. The van der Waals surface area contributed by atoms with Crippen molar-refractivity contribution in [2.45, 2.75) is 33.1 Å². The summed E-state index contributed by atoms with van der Waals surface area (Å²) in [4.78, 5) is 10.3. The Bertz CT molecular complexity index is 336. The molecular formula is C12H17NO2. The molecule has 0 radical (unpaired) electrons.